The van der Waals surface area contributed by atoms with Crippen molar-refractivity contribution in [2.75, 3.05) is 11.1 Å². The van der Waals surface area contributed by atoms with Gasteiger partial charge in [-0.2, -0.15) is 0 Å². The number of ketones is 1. The molecule has 5 heteroatoms. The maximum absolute atomic E-state index is 13.1. The molecule has 3 nitrogen and oxygen atoms in total. The molecule has 0 fully saturated rings. The largest absolute Gasteiger partial charge is 0.398 e. The fourth-order valence-electron chi connectivity index (χ4n) is 1.69. The quantitative estimate of drug-likeness (QED) is 0.659. The highest BCUT2D eigenvalue weighted by Gasteiger charge is 2.07. The molecule has 0 spiro atoms. The molecule has 2 aromatic rings. The number of Topliss-reactive ketones (excluding diaryl/α,β-unsaturated/α-hetero) is 1. The van der Waals surface area contributed by atoms with Crippen molar-refractivity contribution in [1.82, 2.24) is 0 Å². The molecule has 0 atom stereocenters. The molecule has 0 unspecified atom stereocenters. The Morgan fingerprint density at radius 2 is 2.00 bits per heavy atom. The first kappa shape index (κ1) is 13.4. The zero-order valence-corrected chi connectivity index (χ0v) is 11.0. The fraction of sp³-hybridized carbons (Fsp3) is 0.0714. The molecule has 19 heavy (non-hydrogen) atoms. The number of hydrogen-bond donors (Lipinski definition) is 2. The summed E-state index contributed by atoms with van der Waals surface area (Å²) in [5.74, 6) is -0.527. The first-order valence-electron chi connectivity index (χ1n) is 5.60. The summed E-state index contributed by atoms with van der Waals surface area (Å²) in [6, 6.07) is 8.94. The SMILES string of the molecule is CC(=O)c1cc(Nc2cc(F)ccc2Cl)ccc1N. The van der Waals surface area contributed by atoms with E-state index in [0.717, 1.165) is 0 Å². The highest BCUT2D eigenvalue weighted by Crippen LogP contribution is 2.27. The van der Waals surface area contributed by atoms with Crippen molar-refractivity contribution < 1.29 is 9.18 Å². The number of rotatable bonds is 3. The number of halogens is 2. The summed E-state index contributed by atoms with van der Waals surface area (Å²) in [4.78, 5) is 11.4. The van der Waals surface area contributed by atoms with E-state index in [2.05, 4.69) is 5.32 Å². The molecule has 0 amide bonds. The van der Waals surface area contributed by atoms with Crippen LogP contribution in [-0.4, -0.2) is 5.78 Å². The maximum atomic E-state index is 13.1. The molecule has 2 rings (SSSR count). The van der Waals surface area contributed by atoms with Crippen LogP contribution >= 0.6 is 11.6 Å². The van der Waals surface area contributed by atoms with Crippen LogP contribution in [0.25, 0.3) is 0 Å². The molecule has 0 aromatic heterocycles. The van der Waals surface area contributed by atoms with Crippen LogP contribution in [0.3, 0.4) is 0 Å². The summed E-state index contributed by atoms with van der Waals surface area (Å²) in [6.45, 7) is 1.44. The zero-order chi connectivity index (χ0) is 14.0. The minimum absolute atomic E-state index is 0.133. The van der Waals surface area contributed by atoms with Crippen molar-refractivity contribution in [2.45, 2.75) is 6.92 Å². The molecule has 0 aliphatic heterocycles. The molecular weight excluding hydrogens is 267 g/mol. The molecule has 0 aliphatic rings. The number of carbonyl (C=O) groups is 1. The summed E-state index contributed by atoms with van der Waals surface area (Å²) in [5, 5.41) is 3.35. The molecule has 0 heterocycles. The molecule has 98 valence electrons. The van der Waals surface area contributed by atoms with Crippen LogP contribution < -0.4 is 11.1 Å². The Bertz CT molecular complexity index is 643. The van der Waals surface area contributed by atoms with Crippen LogP contribution in [0.5, 0.6) is 0 Å². The minimum atomic E-state index is -0.394. The average molecular weight is 279 g/mol. The molecule has 0 radical (unpaired) electrons. The second-order valence-electron chi connectivity index (χ2n) is 4.11. The first-order chi connectivity index (χ1) is 8.97. The Hall–Kier alpha value is -2.07. The van der Waals surface area contributed by atoms with Gasteiger partial charge in [-0.1, -0.05) is 11.6 Å². The second kappa shape index (κ2) is 5.28. The van der Waals surface area contributed by atoms with Gasteiger partial charge in [0.1, 0.15) is 5.82 Å². The van der Waals surface area contributed by atoms with Crippen LogP contribution in [0.1, 0.15) is 17.3 Å². The lowest BCUT2D eigenvalue weighted by Crippen LogP contribution is -2.01. The van der Waals surface area contributed by atoms with Gasteiger partial charge >= 0.3 is 0 Å². The van der Waals surface area contributed by atoms with Crippen LogP contribution in [0.15, 0.2) is 36.4 Å². The topological polar surface area (TPSA) is 55.1 Å². The molecule has 2 aromatic carbocycles. The van der Waals surface area contributed by atoms with Crippen LogP contribution in [0, 0.1) is 5.82 Å². The number of nitrogen functional groups attached to an aromatic ring is 1. The number of benzene rings is 2. The summed E-state index contributed by atoms with van der Waals surface area (Å²) < 4.78 is 13.1. The highest BCUT2D eigenvalue weighted by molar-refractivity contribution is 6.33. The van der Waals surface area contributed by atoms with Gasteiger partial charge in [0.05, 0.1) is 10.7 Å². The van der Waals surface area contributed by atoms with Crippen LogP contribution in [0.2, 0.25) is 5.02 Å². The molecule has 3 N–H and O–H groups in total. The third-order valence-electron chi connectivity index (χ3n) is 2.64. The van der Waals surface area contributed by atoms with Crippen molar-refractivity contribution in [3.8, 4) is 0 Å². The second-order valence-corrected chi connectivity index (χ2v) is 4.51. The normalized spacial score (nSPS) is 10.3. The van der Waals surface area contributed by atoms with E-state index >= 15 is 0 Å². The summed E-state index contributed by atoms with van der Waals surface area (Å²) in [7, 11) is 0. The monoisotopic (exact) mass is 278 g/mol. The van der Waals surface area contributed by atoms with Crippen LogP contribution in [0.4, 0.5) is 21.5 Å². The molecule has 0 bridgehead atoms. The van der Waals surface area contributed by atoms with Gasteiger partial charge in [-0.15, -0.1) is 0 Å². The van der Waals surface area contributed by atoms with Gasteiger partial charge in [-0.25, -0.2) is 4.39 Å². The van der Waals surface area contributed by atoms with Gasteiger partial charge in [0.15, 0.2) is 5.78 Å². The smallest absolute Gasteiger partial charge is 0.161 e. The van der Waals surface area contributed by atoms with Crippen molar-refractivity contribution in [3.05, 3.63) is 52.8 Å². The van der Waals surface area contributed by atoms with E-state index in [0.29, 0.717) is 27.6 Å². The summed E-state index contributed by atoms with van der Waals surface area (Å²) in [6.07, 6.45) is 0. The Morgan fingerprint density at radius 1 is 1.26 bits per heavy atom. The van der Waals surface area contributed by atoms with Crippen LogP contribution in [-0.2, 0) is 0 Å². The van der Waals surface area contributed by atoms with E-state index in [1.54, 1.807) is 18.2 Å². The van der Waals surface area contributed by atoms with Gasteiger partial charge in [-0.05, 0) is 43.3 Å². The van der Waals surface area contributed by atoms with E-state index in [-0.39, 0.29) is 5.78 Å². The predicted molar refractivity (Wildman–Crippen MR) is 75.6 cm³/mol. The zero-order valence-electron chi connectivity index (χ0n) is 10.2. The fourth-order valence-corrected chi connectivity index (χ4v) is 1.85. The van der Waals surface area contributed by atoms with E-state index in [4.69, 9.17) is 17.3 Å². The Labute approximate surface area is 115 Å². The van der Waals surface area contributed by atoms with Gasteiger partial charge in [0, 0.05) is 16.9 Å². The maximum Gasteiger partial charge on any atom is 0.161 e. The molecule has 0 saturated carbocycles. The molecule has 0 aliphatic carbocycles. The van der Waals surface area contributed by atoms with Crippen molar-refractivity contribution in [1.29, 1.82) is 0 Å². The third kappa shape index (κ3) is 3.03. The number of carbonyl (C=O) groups excluding carboxylic acids is 1. The van der Waals surface area contributed by atoms with Gasteiger partial charge < -0.3 is 11.1 Å². The third-order valence-corrected chi connectivity index (χ3v) is 2.97. The molecule has 0 saturated heterocycles. The van der Waals surface area contributed by atoms with E-state index in [1.807, 2.05) is 0 Å². The minimum Gasteiger partial charge on any atom is -0.398 e. The molecular formula is C14H12ClFN2O. The van der Waals surface area contributed by atoms with Crippen molar-refractivity contribution >= 4 is 34.4 Å². The lowest BCUT2D eigenvalue weighted by Gasteiger charge is -2.10. The number of hydrogen-bond acceptors (Lipinski definition) is 3. The van der Waals surface area contributed by atoms with Gasteiger partial charge in [-0.3, -0.25) is 4.79 Å². The van der Waals surface area contributed by atoms with E-state index < -0.39 is 5.82 Å². The number of nitrogens with two attached hydrogens (primary N) is 1. The standard InChI is InChI=1S/C14H12ClFN2O/c1-8(19)11-7-10(3-5-13(11)17)18-14-6-9(16)2-4-12(14)15/h2-7,18H,17H2,1H3. The first-order valence-corrected chi connectivity index (χ1v) is 5.97. The Morgan fingerprint density at radius 3 is 2.68 bits per heavy atom. The lowest BCUT2D eigenvalue weighted by molar-refractivity contribution is 0.101. The van der Waals surface area contributed by atoms with Gasteiger partial charge in [0.25, 0.3) is 0 Å². The number of anilines is 3. The van der Waals surface area contributed by atoms with Crippen molar-refractivity contribution in [2.24, 2.45) is 0 Å². The predicted octanol–water partition coefficient (Wildman–Crippen LogP) is 4.01. The van der Waals surface area contributed by atoms with E-state index in [9.17, 15) is 9.18 Å². The summed E-state index contributed by atoms with van der Waals surface area (Å²) >= 11 is 5.96. The van der Waals surface area contributed by atoms with Gasteiger partial charge in [0.2, 0.25) is 0 Å². The Kier molecular flexibility index (Phi) is 3.71. The van der Waals surface area contributed by atoms with Crippen molar-refractivity contribution in [3.63, 3.8) is 0 Å². The number of nitrogens with one attached hydrogen (secondary N) is 1. The summed E-state index contributed by atoms with van der Waals surface area (Å²) in [5.41, 5.74) is 7.57. The Balaban J connectivity index is 2.36. The lowest BCUT2D eigenvalue weighted by atomic mass is 10.1. The van der Waals surface area contributed by atoms with E-state index in [1.165, 1.54) is 25.1 Å². The average Bonchev–Trinajstić information content (AvgIpc) is 2.36. The highest BCUT2D eigenvalue weighted by atomic mass is 35.5.